The van der Waals surface area contributed by atoms with Gasteiger partial charge in [-0.15, -0.1) is 0 Å². The molecular formula is C11H16ClNO. The molecule has 0 saturated heterocycles. The molecule has 0 bridgehead atoms. The first-order valence-electron chi connectivity index (χ1n) is 4.92. The molecule has 0 heterocycles. The number of phenolic OH excluding ortho intramolecular Hbond substituents is 1. The van der Waals surface area contributed by atoms with Crippen molar-refractivity contribution < 1.29 is 5.11 Å². The van der Waals surface area contributed by atoms with Gasteiger partial charge in [0.1, 0.15) is 5.75 Å². The van der Waals surface area contributed by atoms with E-state index in [1.54, 1.807) is 12.1 Å². The zero-order chi connectivity index (χ0) is 10.6. The molecule has 1 aromatic carbocycles. The van der Waals surface area contributed by atoms with Crippen molar-refractivity contribution in [2.75, 3.05) is 5.32 Å². The summed E-state index contributed by atoms with van der Waals surface area (Å²) in [5.74, 6) is 0.127. The topological polar surface area (TPSA) is 32.3 Å². The summed E-state index contributed by atoms with van der Waals surface area (Å²) in [4.78, 5) is 0. The van der Waals surface area contributed by atoms with Crippen molar-refractivity contribution in [3.05, 3.63) is 23.2 Å². The number of phenols is 1. The van der Waals surface area contributed by atoms with Crippen molar-refractivity contribution >= 4 is 17.3 Å². The van der Waals surface area contributed by atoms with Gasteiger partial charge < -0.3 is 10.4 Å². The molecule has 78 valence electrons. The van der Waals surface area contributed by atoms with E-state index < -0.39 is 0 Å². The Kier molecular flexibility index (Phi) is 4.08. The van der Waals surface area contributed by atoms with Gasteiger partial charge in [-0.3, -0.25) is 0 Å². The van der Waals surface area contributed by atoms with Crippen molar-refractivity contribution in [2.45, 2.75) is 32.7 Å². The van der Waals surface area contributed by atoms with Crippen LogP contribution >= 0.6 is 11.6 Å². The first kappa shape index (κ1) is 11.2. The third kappa shape index (κ3) is 2.81. The average molecular weight is 214 g/mol. The fraction of sp³-hybridized carbons (Fsp3) is 0.455. The van der Waals surface area contributed by atoms with Crippen LogP contribution in [0, 0.1) is 0 Å². The van der Waals surface area contributed by atoms with Crippen LogP contribution in [0.4, 0.5) is 5.69 Å². The number of benzene rings is 1. The van der Waals surface area contributed by atoms with Crippen LogP contribution in [0.5, 0.6) is 5.75 Å². The zero-order valence-corrected chi connectivity index (χ0v) is 9.30. The lowest BCUT2D eigenvalue weighted by Crippen LogP contribution is -2.16. The predicted molar refractivity (Wildman–Crippen MR) is 61.1 cm³/mol. The lowest BCUT2D eigenvalue weighted by atomic mass is 10.1. The third-order valence-electron chi connectivity index (χ3n) is 2.30. The quantitative estimate of drug-likeness (QED) is 0.749. The molecule has 1 aromatic rings. The molecule has 0 fully saturated rings. The Hall–Kier alpha value is -0.890. The summed E-state index contributed by atoms with van der Waals surface area (Å²) < 4.78 is 0. The number of hydrogen-bond acceptors (Lipinski definition) is 2. The Balaban J connectivity index is 2.72. The van der Waals surface area contributed by atoms with E-state index in [9.17, 15) is 5.11 Å². The highest BCUT2D eigenvalue weighted by Crippen LogP contribution is 2.26. The standard InChI is InChI=1S/C11H16ClNO/c1-3-8(4-2)13-9-5-6-11(14)10(12)7-9/h5-8,13-14H,3-4H2,1-2H3. The molecule has 2 nitrogen and oxygen atoms in total. The van der Waals surface area contributed by atoms with Crippen molar-refractivity contribution in [3.8, 4) is 5.75 Å². The first-order chi connectivity index (χ1) is 6.67. The van der Waals surface area contributed by atoms with Crippen molar-refractivity contribution in [1.29, 1.82) is 0 Å². The summed E-state index contributed by atoms with van der Waals surface area (Å²) in [7, 11) is 0. The number of rotatable bonds is 4. The molecule has 0 unspecified atom stereocenters. The summed E-state index contributed by atoms with van der Waals surface area (Å²) in [6, 6.07) is 5.65. The van der Waals surface area contributed by atoms with E-state index in [0.29, 0.717) is 11.1 Å². The molecule has 0 saturated carbocycles. The van der Waals surface area contributed by atoms with E-state index in [1.165, 1.54) is 0 Å². The van der Waals surface area contributed by atoms with Gasteiger partial charge in [-0.1, -0.05) is 25.4 Å². The van der Waals surface area contributed by atoms with Crippen LogP contribution in [0.1, 0.15) is 26.7 Å². The van der Waals surface area contributed by atoms with E-state index >= 15 is 0 Å². The van der Waals surface area contributed by atoms with Gasteiger partial charge in [0.05, 0.1) is 5.02 Å². The second-order valence-electron chi connectivity index (χ2n) is 3.32. The van der Waals surface area contributed by atoms with Gasteiger partial charge in [-0.05, 0) is 31.0 Å². The average Bonchev–Trinajstić information content (AvgIpc) is 2.19. The fourth-order valence-corrected chi connectivity index (χ4v) is 1.51. The van der Waals surface area contributed by atoms with Crippen LogP contribution in [0.25, 0.3) is 0 Å². The summed E-state index contributed by atoms with van der Waals surface area (Å²) >= 11 is 5.79. The molecule has 0 atom stereocenters. The number of halogens is 1. The molecule has 0 spiro atoms. The Morgan fingerprint density at radius 2 is 2.00 bits per heavy atom. The predicted octanol–water partition coefficient (Wildman–Crippen LogP) is 3.65. The van der Waals surface area contributed by atoms with Gasteiger partial charge in [-0.2, -0.15) is 0 Å². The molecule has 2 N–H and O–H groups in total. The van der Waals surface area contributed by atoms with Crippen LogP contribution in [0.3, 0.4) is 0 Å². The number of hydrogen-bond donors (Lipinski definition) is 2. The van der Waals surface area contributed by atoms with E-state index in [2.05, 4.69) is 19.2 Å². The Morgan fingerprint density at radius 3 is 2.50 bits per heavy atom. The van der Waals surface area contributed by atoms with Crippen LogP contribution in [0.15, 0.2) is 18.2 Å². The lowest BCUT2D eigenvalue weighted by Gasteiger charge is -2.16. The maximum atomic E-state index is 9.23. The summed E-state index contributed by atoms with van der Waals surface area (Å²) in [6.07, 6.45) is 2.16. The largest absolute Gasteiger partial charge is 0.506 e. The van der Waals surface area contributed by atoms with Gasteiger partial charge in [0.25, 0.3) is 0 Å². The van der Waals surface area contributed by atoms with Crippen molar-refractivity contribution in [3.63, 3.8) is 0 Å². The molecule has 0 aliphatic heterocycles. The smallest absolute Gasteiger partial charge is 0.134 e. The van der Waals surface area contributed by atoms with Gasteiger partial charge in [-0.25, -0.2) is 0 Å². The normalized spacial score (nSPS) is 10.6. The first-order valence-corrected chi connectivity index (χ1v) is 5.30. The van der Waals surface area contributed by atoms with Gasteiger partial charge in [0, 0.05) is 11.7 Å². The molecule has 0 aromatic heterocycles. The van der Waals surface area contributed by atoms with Crippen LogP contribution < -0.4 is 5.32 Å². The minimum atomic E-state index is 0.127. The monoisotopic (exact) mass is 213 g/mol. The third-order valence-corrected chi connectivity index (χ3v) is 2.61. The lowest BCUT2D eigenvalue weighted by molar-refractivity contribution is 0.475. The molecule has 0 amide bonds. The Morgan fingerprint density at radius 1 is 1.36 bits per heavy atom. The number of nitrogens with one attached hydrogen (secondary N) is 1. The van der Waals surface area contributed by atoms with E-state index in [0.717, 1.165) is 18.5 Å². The zero-order valence-electron chi connectivity index (χ0n) is 8.55. The number of aromatic hydroxyl groups is 1. The van der Waals surface area contributed by atoms with Crippen LogP contribution in [0.2, 0.25) is 5.02 Å². The highest BCUT2D eigenvalue weighted by molar-refractivity contribution is 6.32. The van der Waals surface area contributed by atoms with Crippen LogP contribution in [-0.4, -0.2) is 11.1 Å². The second-order valence-corrected chi connectivity index (χ2v) is 3.73. The molecule has 14 heavy (non-hydrogen) atoms. The minimum absolute atomic E-state index is 0.127. The molecule has 0 radical (unpaired) electrons. The highest BCUT2D eigenvalue weighted by atomic mass is 35.5. The van der Waals surface area contributed by atoms with E-state index in [1.807, 2.05) is 6.07 Å². The summed E-state index contributed by atoms with van der Waals surface area (Å²) in [5.41, 5.74) is 0.960. The maximum absolute atomic E-state index is 9.23. The molecule has 0 aliphatic carbocycles. The fourth-order valence-electron chi connectivity index (χ4n) is 1.33. The minimum Gasteiger partial charge on any atom is -0.506 e. The van der Waals surface area contributed by atoms with Gasteiger partial charge in [0.2, 0.25) is 0 Å². The maximum Gasteiger partial charge on any atom is 0.134 e. The summed E-state index contributed by atoms with van der Waals surface area (Å²) in [6.45, 7) is 4.28. The van der Waals surface area contributed by atoms with Gasteiger partial charge >= 0.3 is 0 Å². The molecular weight excluding hydrogens is 198 g/mol. The second kappa shape index (κ2) is 5.11. The van der Waals surface area contributed by atoms with Crippen molar-refractivity contribution in [1.82, 2.24) is 0 Å². The Labute approximate surface area is 89.9 Å². The molecule has 0 aliphatic rings. The van der Waals surface area contributed by atoms with Crippen LogP contribution in [-0.2, 0) is 0 Å². The number of anilines is 1. The van der Waals surface area contributed by atoms with E-state index in [-0.39, 0.29) is 5.75 Å². The Bertz CT molecular complexity index is 297. The molecule has 1 rings (SSSR count). The van der Waals surface area contributed by atoms with Crippen molar-refractivity contribution in [2.24, 2.45) is 0 Å². The SMILES string of the molecule is CCC(CC)Nc1ccc(O)c(Cl)c1. The highest BCUT2D eigenvalue weighted by Gasteiger charge is 2.04. The van der Waals surface area contributed by atoms with Gasteiger partial charge in [0.15, 0.2) is 0 Å². The molecule has 3 heteroatoms. The van der Waals surface area contributed by atoms with E-state index in [4.69, 9.17) is 11.6 Å². The summed E-state index contributed by atoms with van der Waals surface area (Å²) in [5, 5.41) is 13.0.